The topological polar surface area (TPSA) is 58.9 Å². The van der Waals surface area contributed by atoms with Crippen LogP contribution in [-0.2, 0) is 7.05 Å². The Morgan fingerprint density at radius 2 is 1.94 bits per heavy atom. The molecular weight excluding hydrogens is 423 g/mol. The third-order valence-electron chi connectivity index (χ3n) is 7.29. The maximum absolute atomic E-state index is 14.6. The van der Waals surface area contributed by atoms with Crippen molar-refractivity contribution < 1.29 is 4.39 Å². The number of piperidine rings is 1. The monoisotopic (exact) mass is 450 g/mol. The molecule has 4 aromatic rings. The number of hydrogen-bond acceptors (Lipinski definition) is 6. The van der Waals surface area contributed by atoms with E-state index in [2.05, 4.69) is 41.2 Å². The first-order valence-electron chi connectivity index (χ1n) is 11.1. The fourth-order valence-corrected chi connectivity index (χ4v) is 6.75. The fraction of sp³-hybridized carbons (Fsp3) is 0.458. The zero-order valence-electron chi connectivity index (χ0n) is 18.8. The Morgan fingerprint density at radius 1 is 1.19 bits per heavy atom. The Balaban J connectivity index is 1.33. The van der Waals surface area contributed by atoms with Crippen molar-refractivity contribution in [2.45, 2.75) is 56.7 Å². The maximum Gasteiger partial charge on any atom is 0.186 e. The van der Waals surface area contributed by atoms with Crippen LogP contribution in [0, 0.1) is 5.82 Å². The number of fused-ring (bicyclic) bond motifs is 4. The van der Waals surface area contributed by atoms with Crippen LogP contribution in [0.4, 0.5) is 9.52 Å². The normalized spacial score (nSPS) is 27.5. The van der Waals surface area contributed by atoms with Gasteiger partial charge in [-0.15, -0.1) is 0 Å². The summed E-state index contributed by atoms with van der Waals surface area (Å²) in [6, 6.07) is 5.95. The average molecular weight is 451 g/mol. The molecule has 0 saturated carbocycles. The van der Waals surface area contributed by atoms with E-state index >= 15 is 0 Å². The van der Waals surface area contributed by atoms with Crippen molar-refractivity contribution in [2.75, 3.05) is 11.9 Å². The highest BCUT2D eigenvalue weighted by atomic mass is 32.1. The second kappa shape index (κ2) is 6.71. The van der Waals surface area contributed by atoms with Gasteiger partial charge in [-0.3, -0.25) is 9.67 Å². The van der Waals surface area contributed by atoms with Gasteiger partial charge in [0.25, 0.3) is 0 Å². The lowest BCUT2D eigenvalue weighted by Gasteiger charge is -2.45. The number of hydrogen-bond donors (Lipinski definition) is 1. The molecule has 0 spiro atoms. The van der Waals surface area contributed by atoms with E-state index in [0.29, 0.717) is 11.6 Å². The highest BCUT2D eigenvalue weighted by molar-refractivity contribution is 7.22. The third kappa shape index (κ3) is 3.19. The van der Waals surface area contributed by atoms with Crippen LogP contribution in [0.15, 0.2) is 30.6 Å². The molecule has 6 rings (SSSR count). The summed E-state index contributed by atoms with van der Waals surface area (Å²) in [5, 5.41) is 9.85. The number of benzene rings is 1. The van der Waals surface area contributed by atoms with Crippen LogP contribution in [0.1, 0.15) is 39.5 Å². The van der Waals surface area contributed by atoms with Crippen molar-refractivity contribution in [3.63, 3.8) is 0 Å². The molecule has 1 N–H and O–H groups in total. The lowest BCUT2D eigenvalue weighted by Crippen LogP contribution is -2.58. The molecule has 2 saturated heterocycles. The average Bonchev–Trinajstić information content (AvgIpc) is 3.39. The first-order valence-corrected chi connectivity index (χ1v) is 11.9. The standard InChI is InChI=1S/C24H27FN6S/c1-23-5-6-24(2,29-23)11-16(10-23)31(4)22-27-19-12-26-18(9-20(19)32-22)14-7-15-13-30(3)28-21(15)17(25)8-14/h7-9,12-13,16,29H,5-6,10-11H2,1-4H3/t16?,23-,24+. The molecule has 5 heterocycles. The Labute approximate surface area is 190 Å². The smallest absolute Gasteiger partial charge is 0.186 e. The quantitative estimate of drug-likeness (QED) is 0.482. The summed E-state index contributed by atoms with van der Waals surface area (Å²) in [7, 11) is 3.97. The van der Waals surface area contributed by atoms with Crippen molar-refractivity contribution in [3.8, 4) is 11.3 Å². The molecule has 1 unspecified atom stereocenters. The number of pyridine rings is 1. The Bertz CT molecular complexity index is 1340. The molecule has 3 aromatic heterocycles. The molecule has 1 aromatic carbocycles. The van der Waals surface area contributed by atoms with E-state index in [4.69, 9.17) is 4.98 Å². The predicted molar refractivity (Wildman–Crippen MR) is 128 cm³/mol. The van der Waals surface area contributed by atoms with E-state index in [1.807, 2.05) is 18.3 Å². The van der Waals surface area contributed by atoms with Gasteiger partial charge in [0.2, 0.25) is 0 Å². The maximum atomic E-state index is 14.6. The van der Waals surface area contributed by atoms with Crippen molar-refractivity contribution in [1.82, 2.24) is 25.1 Å². The zero-order chi connectivity index (χ0) is 22.3. The van der Waals surface area contributed by atoms with Crippen LogP contribution in [0.2, 0.25) is 0 Å². The Hall–Kier alpha value is -2.58. The summed E-state index contributed by atoms with van der Waals surface area (Å²) in [5.41, 5.74) is 3.21. The van der Waals surface area contributed by atoms with E-state index in [0.717, 1.165) is 44.8 Å². The van der Waals surface area contributed by atoms with Crippen LogP contribution in [0.3, 0.4) is 0 Å². The van der Waals surface area contributed by atoms with Crippen molar-refractivity contribution in [1.29, 1.82) is 0 Å². The van der Waals surface area contributed by atoms with Gasteiger partial charge in [-0.05, 0) is 57.7 Å². The molecule has 0 amide bonds. The largest absolute Gasteiger partial charge is 0.348 e. The molecule has 2 bridgehead atoms. The number of aromatic nitrogens is 4. The van der Waals surface area contributed by atoms with Crippen molar-refractivity contribution in [3.05, 3.63) is 36.4 Å². The van der Waals surface area contributed by atoms with Crippen LogP contribution < -0.4 is 10.2 Å². The molecule has 0 aliphatic carbocycles. The SMILES string of the molecule is CN(c1nc2cnc(-c3cc(F)c4nn(C)cc4c3)cc2s1)C1C[C@]2(C)CC[C@](C)(C1)N2. The number of anilines is 1. The number of nitrogens with zero attached hydrogens (tertiary/aromatic N) is 5. The van der Waals surface area contributed by atoms with Crippen molar-refractivity contribution in [2.24, 2.45) is 7.05 Å². The van der Waals surface area contributed by atoms with Crippen LogP contribution in [0.5, 0.6) is 0 Å². The van der Waals surface area contributed by atoms with Gasteiger partial charge in [0.1, 0.15) is 11.0 Å². The van der Waals surface area contributed by atoms with Crippen LogP contribution >= 0.6 is 11.3 Å². The van der Waals surface area contributed by atoms with E-state index in [1.54, 1.807) is 29.3 Å². The number of halogens is 1. The number of rotatable bonds is 3. The lowest BCUT2D eigenvalue weighted by molar-refractivity contribution is 0.208. The summed E-state index contributed by atoms with van der Waals surface area (Å²) >= 11 is 1.68. The minimum Gasteiger partial charge on any atom is -0.348 e. The van der Waals surface area contributed by atoms with Crippen molar-refractivity contribution >= 4 is 37.6 Å². The van der Waals surface area contributed by atoms with Gasteiger partial charge in [0, 0.05) is 48.4 Å². The number of aryl methyl sites for hydroxylation is 1. The van der Waals surface area contributed by atoms with Crippen LogP contribution in [-0.4, -0.2) is 43.9 Å². The van der Waals surface area contributed by atoms with Crippen LogP contribution in [0.25, 0.3) is 32.4 Å². The number of nitrogens with one attached hydrogen (secondary N) is 1. The van der Waals surface area contributed by atoms with Gasteiger partial charge in [-0.1, -0.05) is 11.3 Å². The molecule has 0 radical (unpaired) electrons. The molecule has 2 aliphatic rings. The molecule has 3 atom stereocenters. The summed E-state index contributed by atoms with van der Waals surface area (Å²) in [6.07, 6.45) is 8.36. The minimum absolute atomic E-state index is 0.215. The van der Waals surface area contributed by atoms with E-state index in [-0.39, 0.29) is 16.9 Å². The third-order valence-corrected chi connectivity index (χ3v) is 8.40. The van der Waals surface area contributed by atoms with Gasteiger partial charge in [0.05, 0.1) is 16.6 Å². The summed E-state index contributed by atoms with van der Waals surface area (Å²) in [5.74, 6) is -0.327. The summed E-state index contributed by atoms with van der Waals surface area (Å²) < 4.78 is 17.3. The van der Waals surface area contributed by atoms with Gasteiger partial charge in [-0.2, -0.15) is 5.10 Å². The molecule has 8 heteroatoms. The molecule has 2 fully saturated rings. The van der Waals surface area contributed by atoms with Gasteiger partial charge in [-0.25, -0.2) is 9.37 Å². The first kappa shape index (κ1) is 20.1. The summed E-state index contributed by atoms with van der Waals surface area (Å²) in [4.78, 5) is 11.8. The second-order valence-corrected chi connectivity index (χ2v) is 11.2. The molecule has 32 heavy (non-hydrogen) atoms. The van der Waals surface area contributed by atoms with E-state index in [9.17, 15) is 4.39 Å². The molecule has 2 aliphatic heterocycles. The van der Waals surface area contributed by atoms with Gasteiger partial charge >= 0.3 is 0 Å². The zero-order valence-corrected chi connectivity index (χ0v) is 19.6. The molecule has 166 valence electrons. The Kier molecular flexibility index (Phi) is 4.21. The number of thiazole rings is 1. The predicted octanol–water partition coefficient (Wildman–Crippen LogP) is 4.88. The summed E-state index contributed by atoms with van der Waals surface area (Å²) in [6.45, 7) is 4.70. The van der Waals surface area contributed by atoms with E-state index in [1.165, 1.54) is 18.9 Å². The molecule has 6 nitrogen and oxygen atoms in total. The van der Waals surface area contributed by atoms with E-state index < -0.39 is 0 Å². The lowest BCUT2D eigenvalue weighted by atomic mass is 9.84. The highest BCUT2D eigenvalue weighted by Gasteiger charge is 2.49. The van der Waals surface area contributed by atoms with Gasteiger partial charge in [0.15, 0.2) is 10.9 Å². The molecular formula is C24H27FN6S. The van der Waals surface area contributed by atoms with Gasteiger partial charge < -0.3 is 10.2 Å². The highest BCUT2D eigenvalue weighted by Crippen LogP contribution is 2.44. The fourth-order valence-electron chi connectivity index (χ4n) is 5.74. The first-order chi connectivity index (χ1) is 15.2. The minimum atomic E-state index is -0.327. The second-order valence-electron chi connectivity index (χ2n) is 10.2. The Morgan fingerprint density at radius 3 is 2.69 bits per heavy atom.